The van der Waals surface area contributed by atoms with Crippen LogP contribution in [0.5, 0.6) is 0 Å². The second-order valence-electron chi connectivity index (χ2n) is 5.44. The predicted molar refractivity (Wildman–Crippen MR) is 89.3 cm³/mol. The maximum absolute atomic E-state index is 13.0. The van der Waals surface area contributed by atoms with Gasteiger partial charge in [-0.15, -0.1) is 0 Å². The Morgan fingerprint density at radius 1 is 1.04 bits per heavy atom. The Labute approximate surface area is 135 Å². The molecule has 0 radical (unpaired) electrons. The summed E-state index contributed by atoms with van der Waals surface area (Å²) in [6.45, 7) is 0.636. The molecule has 0 aromatic heterocycles. The number of nitrogens with one attached hydrogen (secondary N) is 2. The lowest BCUT2D eigenvalue weighted by Crippen LogP contribution is -2.45. The molecule has 0 bridgehead atoms. The highest BCUT2D eigenvalue weighted by atomic mass is 16.2. The first kappa shape index (κ1) is 15.1. The van der Waals surface area contributed by atoms with Crippen molar-refractivity contribution in [2.24, 2.45) is 0 Å². The first-order valence-electron chi connectivity index (χ1n) is 7.63. The van der Waals surface area contributed by atoms with E-state index in [0.29, 0.717) is 6.54 Å². The number of urea groups is 1. The highest BCUT2D eigenvalue weighted by Gasteiger charge is 2.31. The SMILES string of the molecule is CNC(=O)NC(C(=O)N1CCc2ccccc21)c1ccccc1. The number of hydrogen-bond donors (Lipinski definition) is 2. The van der Waals surface area contributed by atoms with Crippen LogP contribution in [0.1, 0.15) is 17.2 Å². The summed E-state index contributed by atoms with van der Waals surface area (Å²) in [5.74, 6) is -0.121. The Kier molecular flexibility index (Phi) is 4.28. The van der Waals surface area contributed by atoms with Crippen LogP contribution in [0, 0.1) is 0 Å². The third kappa shape index (κ3) is 3.04. The van der Waals surface area contributed by atoms with Crippen molar-refractivity contribution in [2.45, 2.75) is 12.5 Å². The minimum atomic E-state index is -0.706. The van der Waals surface area contributed by atoms with Crippen LogP contribution in [0.2, 0.25) is 0 Å². The van der Waals surface area contributed by atoms with Crippen molar-refractivity contribution in [1.29, 1.82) is 0 Å². The van der Waals surface area contributed by atoms with Gasteiger partial charge in [0.2, 0.25) is 0 Å². The largest absolute Gasteiger partial charge is 0.341 e. The van der Waals surface area contributed by atoms with Crippen molar-refractivity contribution < 1.29 is 9.59 Å². The third-order valence-electron chi connectivity index (χ3n) is 4.04. The fourth-order valence-electron chi connectivity index (χ4n) is 2.86. The number of fused-ring (bicyclic) bond motifs is 1. The molecule has 0 saturated heterocycles. The summed E-state index contributed by atoms with van der Waals surface area (Å²) >= 11 is 0. The number of carbonyl (C=O) groups is 2. The summed E-state index contributed by atoms with van der Waals surface area (Å²) in [6.07, 6.45) is 0.837. The normalized spacial score (nSPS) is 14.0. The summed E-state index contributed by atoms with van der Waals surface area (Å²) in [5.41, 5.74) is 2.86. The van der Waals surface area contributed by atoms with Gasteiger partial charge >= 0.3 is 6.03 Å². The number of anilines is 1. The molecular weight excluding hydrogens is 290 g/mol. The van der Waals surface area contributed by atoms with E-state index in [1.54, 1.807) is 4.90 Å². The van der Waals surface area contributed by atoms with Gasteiger partial charge in [-0.05, 0) is 23.6 Å². The van der Waals surface area contributed by atoms with Gasteiger partial charge in [-0.2, -0.15) is 0 Å². The van der Waals surface area contributed by atoms with Crippen molar-refractivity contribution in [3.63, 3.8) is 0 Å². The molecule has 1 heterocycles. The molecule has 3 rings (SSSR count). The summed E-state index contributed by atoms with van der Waals surface area (Å²) in [6, 6.07) is 16.1. The van der Waals surface area contributed by atoms with Gasteiger partial charge < -0.3 is 15.5 Å². The summed E-state index contributed by atoms with van der Waals surface area (Å²) in [7, 11) is 1.53. The monoisotopic (exact) mass is 309 g/mol. The first-order chi connectivity index (χ1) is 11.2. The molecule has 0 aliphatic carbocycles. The highest BCUT2D eigenvalue weighted by molar-refractivity contribution is 6.01. The van der Waals surface area contributed by atoms with E-state index >= 15 is 0 Å². The van der Waals surface area contributed by atoms with Crippen LogP contribution in [0.25, 0.3) is 0 Å². The number of nitrogens with zero attached hydrogens (tertiary/aromatic N) is 1. The zero-order valence-corrected chi connectivity index (χ0v) is 13.0. The van der Waals surface area contributed by atoms with Crippen LogP contribution in [0.15, 0.2) is 54.6 Å². The molecule has 0 fully saturated rings. The number of carbonyl (C=O) groups excluding carboxylic acids is 2. The Balaban J connectivity index is 1.91. The fraction of sp³-hybridized carbons (Fsp3) is 0.222. The average molecular weight is 309 g/mol. The van der Waals surface area contributed by atoms with E-state index in [9.17, 15) is 9.59 Å². The summed E-state index contributed by atoms with van der Waals surface area (Å²) < 4.78 is 0. The molecular formula is C18H19N3O2. The van der Waals surface area contributed by atoms with Crippen molar-refractivity contribution in [3.8, 4) is 0 Å². The fourth-order valence-corrected chi connectivity index (χ4v) is 2.86. The molecule has 118 valence electrons. The standard InChI is InChI=1S/C18H19N3O2/c1-19-18(23)20-16(14-8-3-2-4-9-14)17(22)21-12-11-13-7-5-6-10-15(13)21/h2-10,16H,11-12H2,1H3,(H2,19,20,23). The van der Waals surface area contributed by atoms with Crippen molar-refractivity contribution in [3.05, 3.63) is 65.7 Å². The predicted octanol–water partition coefficient (Wildman–Crippen LogP) is 2.25. The summed E-state index contributed by atoms with van der Waals surface area (Å²) in [4.78, 5) is 26.6. The molecule has 1 atom stereocenters. The molecule has 2 N–H and O–H groups in total. The number of para-hydroxylation sites is 1. The maximum atomic E-state index is 13.0. The molecule has 5 heteroatoms. The second kappa shape index (κ2) is 6.52. The van der Waals surface area contributed by atoms with E-state index in [1.807, 2.05) is 54.6 Å². The minimum Gasteiger partial charge on any atom is -0.341 e. The zero-order chi connectivity index (χ0) is 16.2. The van der Waals surface area contributed by atoms with Gasteiger partial charge in [-0.3, -0.25) is 4.79 Å². The van der Waals surface area contributed by atoms with E-state index in [-0.39, 0.29) is 11.9 Å². The molecule has 0 saturated carbocycles. The van der Waals surface area contributed by atoms with Gasteiger partial charge in [0.05, 0.1) is 0 Å². The maximum Gasteiger partial charge on any atom is 0.315 e. The lowest BCUT2D eigenvalue weighted by Gasteiger charge is -2.25. The zero-order valence-electron chi connectivity index (χ0n) is 13.0. The molecule has 3 amide bonds. The van der Waals surface area contributed by atoms with Crippen molar-refractivity contribution in [1.82, 2.24) is 10.6 Å². The van der Waals surface area contributed by atoms with E-state index in [0.717, 1.165) is 23.2 Å². The van der Waals surface area contributed by atoms with E-state index < -0.39 is 6.04 Å². The Hall–Kier alpha value is -2.82. The minimum absolute atomic E-state index is 0.121. The number of amides is 3. The quantitative estimate of drug-likeness (QED) is 0.913. The Morgan fingerprint density at radius 3 is 2.48 bits per heavy atom. The smallest absolute Gasteiger partial charge is 0.315 e. The number of benzene rings is 2. The number of hydrogen-bond acceptors (Lipinski definition) is 2. The van der Waals surface area contributed by atoms with Gasteiger partial charge in [0.15, 0.2) is 0 Å². The molecule has 0 spiro atoms. The van der Waals surface area contributed by atoms with E-state index in [4.69, 9.17) is 0 Å². The molecule has 1 aliphatic rings. The molecule has 2 aromatic carbocycles. The molecule has 5 nitrogen and oxygen atoms in total. The van der Waals surface area contributed by atoms with Gasteiger partial charge in [-0.1, -0.05) is 48.5 Å². The molecule has 1 unspecified atom stereocenters. The highest BCUT2D eigenvalue weighted by Crippen LogP contribution is 2.30. The lowest BCUT2D eigenvalue weighted by molar-refractivity contribution is -0.120. The molecule has 1 aliphatic heterocycles. The lowest BCUT2D eigenvalue weighted by atomic mass is 10.1. The Bertz CT molecular complexity index is 715. The Morgan fingerprint density at radius 2 is 1.74 bits per heavy atom. The second-order valence-corrected chi connectivity index (χ2v) is 5.44. The first-order valence-corrected chi connectivity index (χ1v) is 7.63. The molecule has 23 heavy (non-hydrogen) atoms. The van der Waals surface area contributed by atoms with E-state index in [1.165, 1.54) is 7.05 Å². The van der Waals surface area contributed by atoms with Gasteiger partial charge in [0.25, 0.3) is 5.91 Å². The van der Waals surface area contributed by atoms with Crippen molar-refractivity contribution >= 4 is 17.6 Å². The third-order valence-corrected chi connectivity index (χ3v) is 4.04. The average Bonchev–Trinajstić information content (AvgIpc) is 3.03. The molecule has 2 aromatic rings. The van der Waals surface area contributed by atoms with Crippen LogP contribution in [-0.4, -0.2) is 25.5 Å². The van der Waals surface area contributed by atoms with Crippen LogP contribution in [0.3, 0.4) is 0 Å². The van der Waals surface area contributed by atoms with E-state index in [2.05, 4.69) is 10.6 Å². The van der Waals surface area contributed by atoms with Gasteiger partial charge in [0, 0.05) is 19.3 Å². The van der Waals surface area contributed by atoms with Crippen LogP contribution >= 0.6 is 0 Å². The van der Waals surface area contributed by atoms with Crippen LogP contribution in [0.4, 0.5) is 10.5 Å². The number of rotatable bonds is 3. The van der Waals surface area contributed by atoms with Gasteiger partial charge in [0.1, 0.15) is 6.04 Å². The van der Waals surface area contributed by atoms with Crippen LogP contribution < -0.4 is 15.5 Å². The summed E-state index contributed by atoms with van der Waals surface area (Å²) in [5, 5.41) is 5.26. The van der Waals surface area contributed by atoms with Crippen LogP contribution in [-0.2, 0) is 11.2 Å². The topological polar surface area (TPSA) is 61.4 Å². The van der Waals surface area contributed by atoms with Crippen molar-refractivity contribution in [2.75, 3.05) is 18.5 Å². The van der Waals surface area contributed by atoms with Gasteiger partial charge in [-0.25, -0.2) is 4.79 Å².